The Bertz CT molecular complexity index is 644. The summed E-state index contributed by atoms with van der Waals surface area (Å²) < 4.78 is 5.25. The molecule has 2 aromatic rings. The summed E-state index contributed by atoms with van der Waals surface area (Å²) in [4.78, 5) is 17.0. The van der Waals surface area contributed by atoms with Crippen molar-refractivity contribution in [3.8, 4) is 0 Å². The summed E-state index contributed by atoms with van der Waals surface area (Å²) in [7, 11) is 0. The first-order valence-electron chi connectivity index (χ1n) is 7.01. The van der Waals surface area contributed by atoms with Crippen molar-refractivity contribution in [2.75, 3.05) is 32.8 Å². The molecule has 1 aliphatic rings. The zero-order valence-electron chi connectivity index (χ0n) is 11.7. The van der Waals surface area contributed by atoms with Crippen molar-refractivity contribution in [1.29, 1.82) is 0 Å². The topological polar surface area (TPSA) is 69.7 Å². The van der Waals surface area contributed by atoms with Crippen molar-refractivity contribution in [1.82, 2.24) is 15.3 Å². The largest absolute Gasteiger partial charge is 0.379 e. The number of hydrogen-bond donors (Lipinski definition) is 2. The van der Waals surface area contributed by atoms with E-state index < -0.39 is 0 Å². The third-order valence-electron chi connectivity index (χ3n) is 3.49. The summed E-state index contributed by atoms with van der Waals surface area (Å²) in [5.74, 6) is -0.104. The number of rotatable bonds is 4. The lowest BCUT2D eigenvalue weighted by molar-refractivity contribution is -0.123. The Morgan fingerprint density at radius 1 is 1.38 bits per heavy atom. The SMILES string of the molecule is O=C(CN1CCOCC1)N/N=C/c1c[nH]c2ccccc12. The van der Waals surface area contributed by atoms with Crippen molar-refractivity contribution < 1.29 is 9.53 Å². The minimum absolute atomic E-state index is 0.104. The van der Waals surface area contributed by atoms with Crippen LogP contribution in [0.2, 0.25) is 0 Å². The molecule has 1 aliphatic heterocycles. The van der Waals surface area contributed by atoms with E-state index in [1.54, 1.807) is 6.21 Å². The van der Waals surface area contributed by atoms with Crippen LogP contribution < -0.4 is 5.43 Å². The number of H-pyrrole nitrogens is 1. The second-order valence-electron chi connectivity index (χ2n) is 4.97. The van der Waals surface area contributed by atoms with Crippen molar-refractivity contribution >= 4 is 23.0 Å². The summed E-state index contributed by atoms with van der Waals surface area (Å²) in [5.41, 5.74) is 4.58. The van der Waals surface area contributed by atoms with Crippen LogP contribution in [0.4, 0.5) is 0 Å². The molecule has 6 heteroatoms. The number of fused-ring (bicyclic) bond motifs is 1. The van der Waals surface area contributed by atoms with E-state index in [0.29, 0.717) is 19.8 Å². The normalized spacial score (nSPS) is 16.6. The lowest BCUT2D eigenvalue weighted by atomic mass is 10.2. The van der Waals surface area contributed by atoms with Gasteiger partial charge in [0.2, 0.25) is 0 Å². The van der Waals surface area contributed by atoms with E-state index in [0.717, 1.165) is 29.6 Å². The summed E-state index contributed by atoms with van der Waals surface area (Å²) in [6.07, 6.45) is 3.54. The van der Waals surface area contributed by atoms with Crippen LogP contribution in [0, 0.1) is 0 Å². The summed E-state index contributed by atoms with van der Waals surface area (Å²) in [5, 5.41) is 5.11. The van der Waals surface area contributed by atoms with E-state index in [2.05, 4.69) is 20.4 Å². The predicted molar refractivity (Wildman–Crippen MR) is 81.3 cm³/mol. The molecule has 3 rings (SSSR count). The molecule has 1 amide bonds. The number of aromatic nitrogens is 1. The van der Waals surface area contributed by atoms with Crippen LogP contribution in [0.1, 0.15) is 5.56 Å². The average molecular weight is 286 g/mol. The van der Waals surface area contributed by atoms with Gasteiger partial charge in [-0.2, -0.15) is 5.10 Å². The number of benzene rings is 1. The standard InChI is InChI=1S/C15H18N4O2/c20-15(11-19-5-7-21-8-6-19)18-17-10-12-9-16-14-4-2-1-3-13(12)14/h1-4,9-10,16H,5-8,11H2,(H,18,20)/b17-10+. The van der Waals surface area contributed by atoms with Gasteiger partial charge in [-0.1, -0.05) is 18.2 Å². The number of amides is 1. The first-order valence-corrected chi connectivity index (χ1v) is 7.01. The fourth-order valence-electron chi connectivity index (χ4n) is 2.37. The van der Waals surface area contributed by atoms with Gasteiger partial charge in [-0.05, 0) is 6.07 Å². The van der Waals surface area contributed by atoms with Gasteiger partial charge >= 0.3 is 0 Å². The monoisotopic (exact) mass is 286 g/mol. The Morgan fingerprint density at radius 3 is 3.05 bits per heavy atom. The number of carbonyl (C=O) groups excluding carboxylic acids is 1. The molecular formula is C15H18N4O2. The maximum atomic E-state index is 11.8. The highest BCUT2D eigenvalue weighted by Gasteiger charge is 2.13. The van der Waals surface area contributed by atoms with Crippen molar-refractivity contribution in [2.24, 2.45) is 5.10 Å². The molecule has 0 unspecified atom stereocenters. The molecule has 0 spiro atoms. The second kappa shape index (κ2) is 6.51. The van der Waals surface area contributed by atoms with E-state index in [4.69, 9.17) is 4.74 Å². The highest BCUT2D eigenvalue weighted by molar-refractivity contribution is 5.99. The Hall–Kier alpha value is -2.18. The zero-order chi connectivity index (χ0) is 14.5. The van der Waals surface area contributed by atoms with Crippen LogP contribution in [-0.4, -0.2) is 54.9 Å². The maximum absolute atomic E-state index is 11.8. The number of ether oxygens (including phenoxy) is 1. The lowest BCUT2D eigenvalue weighted by Gasteiger charge is -2.25. The van der Waals surface area contributed by atoms with Crippen LogP contribution in [-0.2, 0) is 9.53 Å². The number of hydrogen-bond acceptors (Lipinski definition) is 4. The number of hydrazone groups is 1. The van der Waals surface area contributed by atoms with Gasteiger partial charge in [-0.15, -0.1) is 0 Å². The Kier molecular flexibility index (Phi) is 4.28. The minimum atomic E-state index is -0.104. The van der Waals surface area contributed by atoms with Crippen LogP contribution in [0.15, 0.2) is 35.6 Å². The van der Waals surface area contributed by atoms with Gasteiger partial charge in [0.05, 0.1) is 26.0 Å². The summed E-state index contributed by atoms with van der Waals surface area (Å²) in [6, 6.07) is 7.97. The molecule has 6 nitrogen and oxygen atoms in total. The Morgan fingerprint density at radius 2 is 2.19 bits per heavy atom. The van der Waals surface area contributed by atoms with Gasteiger partial charge < -0.3 is 9.72 Å². The molecule has 2 heterocycles. The van der Waals surface area contributed by atoms with Crippen molar-refractivity contribution in [3.05, 3.63) is 36.0 Å². The Labute approximate surface area is 122 Å². The fraction of sp³-hybridized carbons (Fsp3) is 0.333. The molecule has 21 heavy (non-hydrogen) atoms. The molecule has 2 N–H and O–H groups in total. The van der Waals surface area contributed by atoms with E-state index in [1.807, 2.05) is 30.5 Å². The molecule has 1 saturated heterocycles. The highest BCUT2D eigenvalue weighted by atomic mass is 16.5. The fourth-order valence-corrected chi connectivity index (χ4v) is 2.37. The molecule has 1 aromatic carbocycles. The number of morpholine rings is 1. The van der Waals surface area contributed by atoms with Gasteiger partial charge in [0.15, 0.2) is 0 Å². The van der Waals surface area contributed by atoms with Crippen molar-refractivity contribution in [3.63, 3.8) is 0 Å². The first-order chi connectivity index (χ1) is 10.3. The molecule has 0 atom stereocenters. The quantitative estimate of drug-likeness (QED) is 0.649. The van der Waals surface area contributed by atoms with Crippen LogP contribution in [0.25, 0.3) is 10.9 Å². The van der Waals surface area contributed by atoms with E-state index >= 15 is 0 Å². The van der Waals surface area contributed by atoms with Gasteiger partial charge in [0.1, 0.15) is 0 Å². The highest BCUT2D eigenvalue weighted by Crippen LogP contribution is 2.15. The predicted octanol–water partition coefficient (Wildman–Crippen LogP) is 0.950. The number of carbonyl (C=O) groups is 1. The average Bonchev–Trinajstić information content (AvgIpc) is 2.92. The lowest BCUT2D eigenvalue weighted by Crippen LogP contribution is -2.42. The van der Waals surface area contributed by atoms with Crippen LogP contribution >= 0.6 is 0 Å². The van der Waals surface area contributed by atoms with Gasteiger partial charge in [-0.25, -0.2) is 5.43 Å². The van der Waals surface area contributed by atoms with E-state index in [1.165, 1.54) is 0 Å². The smallest absolute Gasteiger partial charge is 0.254 e. The Balaban J connectivity index is 1.55. The molecular weight excluding hydrogens is 268 g/mol. The third-order valence-corrected chi connectivity index (χ3v) is 3.49. The molecule has 110 valence electrons. The number of para-hydroxylation sites is 1. The zero-order valence-corrected chi connectivity index (χ0v) is 11.7. The van der Waals surface area contributed by atoms with Gasteiger partial charge in [0, 0.05) is 35.8 Å². The molecule has 1 aromatic heterocycles. The molecule has 1 fully saturated rings. The molecule has 0 radical (unpaired) electrons. The number of nitrogens with one attached hydrogen (secondary N) is 2. The third kappa shape index (κ3) is 3.48. The van der Waals surface area contributed by atoms with Crippen molar-refractivity contribution in [2.45, 2.75) is 0 Å². The van der Waals surface area contributed by atoms with Gasteiger partial charge in [-0.3, -0.25) is 9.69 Å². The van der Waals surface area contributed by atoms with E-state index in [-0.39, 0.29) is 5.91 Å². The number of aromatic amines is 1. The number of nitrogens with zero attached hydrogens (tertiary/aromatic N) is 2. The second-order valence-corrected chi connectivity index (χ2v) is 4.97. The summed E-state index contributed by atoms with van der Waals surface area (Å²) >= 11 is 0. The van der Waals surface area contributed by atoms with Gasteiger partial charge in [0.25, 0.3) is 5.91 Å². The minimum Gasteiger partial charge on any atom is -0.379 e. The van der Waals surface area contributed by atoms with Crippen LogP contribution in [0.3, 0.4) is 0 Å². The molecule has 0 aliphatic carbocycles. The molecule has 0 saturated carbocycles. The molecule has 0 bridgehead atoms. The maximum Gasteiger partial charge on any atom is 0.254 e. The van der Waals surface area contributed by atoms with Crippen LogP contribution in [0.5, 0.6) is 0 Å². The first kappa shape index (κ1) is 13.8. The van der Waals surface area contributed by atoms with E-state index in [9.17, 15) is 4.79 Å². The summed E-state index contributed by atoms with van der Waals surface area (Å²) in [6.45, 7) is 3.31.